The Balaban J connectivity index is 2.20. The van der Waals surface area contributed by atoms with Gasteiger partial charge in [0, 0.05) is 0 Å². The van der Waals surface area contributed by atoms with Crippen LogP contribution in [0.4, 0.5) is 13.2 Å². The summed E-state index contributed by atoms with van der Waals surface area (Å²) in [5, 5.41) is 12.0. The van der Waals surface area contributed by atoms with E-state index in [0.29, 0.717) is 0 Å². The Morgan fingerprint density at radius 1 is 1.35 bits per heavy atom. The fraction of sp³-hybridized carbons (Fsp3) is 0.167. The molecule has 1 aromatic heterocycles. The Kier molecular flexibility index (Phi) is 3.64. The van der Waals surface area contributed by atoms with E-state index in [1.807, 2.05) is 0 Å². The lowest BCUT2D eigenvalue weighted by molar-refractivity contribution is -0.139. The number of alkyl halides is 3. The van der Waals surface area contributed by atoms with Crippen LogP contribution in [0.5, 0.6) is 5.75 Å². The number of hydrogen-bond donors (Lipinski definition) is 1. The van der Waals surface area contributed by atoms with Crippen molar-refractivity contribution in [2.45, 2.75) is 12.8 Å². The monoisotopic (exact) mass is 287 g/mol. The first-order valence-corrected chi connectivity index (χ1v) is 5.35. The molecule has 1 aromatic carbocycles. The molecule has 0 amide bonds. The molecule has 8 heteroatoms. The molecule has 2 rings (SSSR count). The summed E-state index contributed by atoms with van der Waals surface area (Å²) in [4.78, 5) is 10.8. The van der Waals surface area contributed by atoms with Gasteiger partial charge in [0.05, 0.1) is 17.3 Å². The van der Waals surface area contributed by atoms with E-state index in [4.69, 9.17) is 9.84 Å². The zero-order valence-electron chi connectivity index (χ0n) is 9.85. The summed E-state index contributed by atoms with van der Waals surface area (Å²) in [5.41, 5.74) is -0.886. The Hall–Kier alpha value is -2.51. The number of hydrogen-bond acceptors (Lipinski definition) is 4. The topological polar surface area (TPSA) is 72.6 Å². The van der Waals surface area contributed by atoms with E-state index < -0.39 is 35.8 Å². The number of para-hydroxylation sites is 1. The molecule has 0 saturated carbocycles. The zero-order valence-corrected chi connectivity index (χ0v) is 9.85. The van der Waals surface area contributed by atoms with Gasteiger partial charge >= 0.3 is 12.1 Å². The molecule has 2 aromatic rings. The van der Waals surface area contributed by atoms with Crippen molar-refractivity contribution < 1.29 is 32.3 Å². The van der Waals surface area contributed by atoms with Crippen molar-refractivity contribution in [2.24, 2.45) is 0 Å². The van der Waals surface area contributed by atoms with Crippen LogP contribution in [-0.4, -0.2) is 16.2 Å². The number of aromatic carboxylic acids is 1. The minimum atomic E-state index is -4.55. The largest absolute Gasteiger partial charge is 0.488 e. The van der Waals surface area contributed by atoms with E-state index in [0.717, 1.165) is 18.3 Å². The van der Waals surface area contributed by atoms with Crippen molar-refractivity contribution in [1.82, 2.24) is 5.16 Å². The molecule has 0 saturated heterocycles. The van der Waals surface area contributed by atoms with Gasteiger partial charge in [-0.05, 0) is 12.1 Å². The highest BCUT2D eigenvalue weighted by atomic mass is 19.4. The Labute approximate surface area is 110 Å². The van der Waals surface area contributed by atoms with Crippen LogP contribution >= 0.6 is 0 Å². The second-order valence-corrected chi connectivity index (χ2v) is 3.77. The summed E-state index contributed by atoms with van der Waals surface area (Å²) < 4.78 is 47.6. The molecule has 20 heavy (non-hydrogen) atoms. The number of carbonyl (C=O) groups is 1. The van der Waals surface area contributed by atoms with Gasteiger partial charge in [-0.15, -0.1) is 0 Å². The van der Waals surface area contributed by atoms with Gasteiger partial charge in [-0.1, -0.05) is 17.3 Å². The third-order valence-electron chi connectivity index (χ3n) is 2.41. The van der Waals surface area contributed by atoms with Gasteiger partial charge in [0.2, 0.25) is 0 Å². The summed E-state index contributed by atoms with van der Waals surface area (Å²) in [7, 11) is 0. The van der Waals surface area contributed by atoms with Crippen molar-refractivity contribution in [2.75, 3.05) is 0 Å². The molecule has 0 spiro atoms. The predicted molar refractivity (Wildman–Crippen MR) is 59.2 cm³/mol. The molecule has 0 unspecified atom stereocenters. The average molecular weight is 287 g/mol. The fourth-order valence-electron chi connectivity index (χ4n) is 1.52. The first-order chi connectivity index (χ1) is 9.39. The third-order valence-corrected chi connectivity index (χ3v) is 2.41. The number of carboxylic acids is 1. The summed E-state index contributed by atoms with van der Waals surface area (Å²) in [6.07, 6.45) is -3.47. The molecule has 0 fully saturated rings. The average Bonchev–Trinajstić information content (AvgIpc) is 2.84. The van der Waals surface area contributed by atoms with E-state index in [9.17, 15) is 18.0 Å². The van der Waals surface area contributed by atoms with E-state index in [1.54, 1.807) is 0 Å². The number of rotatable bonds is 4. The fourth-order valence-corrected chi connectivity index (χ4v) is 1.52. The van der Waals surface area contributed by atoms with Gasteiger partial charge in [-0.3, -0.25) is 0 Å². The van der Waals surface area contributed by atoms with Gasteiger partial charge in [-0.2, -0.15) is 13.2 Å². The molecule has 0 aliphatic heterocycles. The minimum absolute atomic E-state index is 0.0504. The number of halogens is 3. The van der Waals surface area contributed by atoms with Gasteiger partial charge in [-0.25, -0.2) is 4.79 Å². The van der Waals surface area contributed by atoms with Crippen LogP contribution in [0.2, 0.25) is 0 Å². The Morgan fingerprint density at radius 2 is 2.05 bits per heavy atom. The number of carboxylic acid groups (broad SMARTS) is 1. The SMILES string of the molecule is O=C(O)c1oncc1COc1ccccc1C(F)(F)F. The van der Waals surface area contributed by atoms with Gasteiger partial charge in [0.25, 0.3) is 5.76 Å². The maximum Gasteiger partial charge on any atom is 0.419 e. The smallest absolute Gasteiger partial charge is 0.419 e. The highest BCUT2D eigenvalue weighted by Gasteiger charge is 2.34. The van der Waals surface area contributed by atoms with Crippen molar-refractivity contribution in [1.29, 1.82) is 0 Å². The van der Waals surface area contributed by atoms with Gasteiger partial charge < -0.3 is 14.4 Å². The number of benzene rings is 1. The van der Waals surface area contributed by atoms with Crippen molar-refractivity contribution in [3.63, 3.8) is 0 Å². The van der Waals surface area contributed by atoms with Crippen LogP contribution in [0, 0.1) is 0 Å². The molecule has 0 aliphatic carbocycles. The lowest BCUT2D eigenvalue weighted by Gasteiger charge is -2.13. The first kappa shape index (κ1) is 13.9. The number of aromatic nitrogens is 1. The van der Waals surface area contributed by atoms with Crippen LogP contribution in [0.25, 0.3) is 0 Å². The minimum Gasteiger partial charge on any atom is -0.488 e. The molecule has 0 radical (unpaired) electrons. The van der Waals surface area contributed by atoms with E-state index >= 15 is 0 Å². The summed E-state index contributed by atoms with van der Waals surface area (Å²) in [5.74, 6) is -2.22. The van der Waals surface area contributed by atoms with Crippen LogP contribution < -0.4 is 4.74 Å². The summed E-state index contributed by atoms with van der Waals surface area (Å²) in [6.45, 7) is -0.391. The predicted octanol–water partition coefficient (Wildman–Crippen LogP) is 2.97. The standard InChI is InChI=1S/C12H8F3NO4/c13-12(14,15)8-3-1-2-4-9(8)19-6-7-5-16-20-10(7)11(17)18/h1-5H,6H2,(H,17,18). The highest BCUT2D eigenvalue weighted by molar-refractivity contribution is 5.85. The van der Waals surface area contributed by atoms with E-state index in [2.05, 4.69) is 9.68 Å². The van der Waals surface area contributed by atoms with Crippen LogP contribution in [0.15, 0.2) is 35.0 Å². The number of nitrogens with zero attached hydrogens (tertiary/aromatic N) is 1. The Bertz CT molecular complexity index is 621. The molecule has 106 valence electrons. The Morgan fingerprint density at radius 3 is 2.70 bits per heavy atom. The number of ether oxygens (including phenoxy) is 1. The van der Waals surface area contributed by atoms with Crippen molar-refractivity contribution >= 4 is 5.97 Å². The lowest BCUT2D eigenvalue weighted by atomic mass is 10.2. The highest BCUT2D eigenvalue weighted by Crippen LogP contribution is 2.36. The second-order valence-electron chi connectivity index (χ2n) is 3.77. The molecular formula is C12H8F3NO4. The molecule has 1 N–H and O–H groups in total. The maximum atomic E-state index is 12.7. The van der Waals surface area contributed by atoms with E-state index in [-0.39, 0.29) is 5.56 Å². The quantitative estimate of drug-likeness (QED) is 0.935. The lowest BCUT2D eigenvalue weighted by Crippen LogP contribution is -2.09. The zero-order chi connectivity index (χ0) is 14.8. The van der Waals surface area contributed by atoms with Gasteiger partial charge in [0.15, 0.2) is 0 Å². The molecule has 1 heterocycles. The summed E-state index contributed by atoms with van der Waals surface area (Å²) >= 11 is 0. The van der Waals surface area contributed by atoms with Crippen molar-refractivity contribution in [3.05, 3.63) is 47.3 Å². The second kappa shape index (κ2) is 5.24. The molecule has 0 bridgehead atoms. The van der Waals surface area contributed by atoms with Crippen LogP contribution in [0.1, 0.15) is 21.7 Å². The first-order valence-electron chi connectivity index (χ1n) is 5.35. The normalized spacial score (nSPS) is 11.3. The molecular weight excluding hydrogens is 279 g/mol. The summed E-state index contributed by atoms with van der Waals surface area (Å²) in [6, 6.07) is 4.64. The maximum absolute atomic E-state index is 12.7. The third kappa shape index (κ3) is 2.90. The van der Waals surface area contributed by atoms with Crippen LogP contribution in [0.3, 0.4) is 0 Å². The molecule has 0 atom stereocenters. The molecule has 5 nitrogen and oxygen atoms in total. The van der Waals surface area contributed by atoms with E-state index in [1.165, 1.54) is 12.1 Å². The van der Waals surface area contributed by atoms with Crippen molar-refractivity contribution in [3.8, 4) is 5.75 Å². The van der Waals surface area contributed by atoms with Gasteiger partial charge in [0.1, 0.15) is 12.4 Å². The molecule has 0 aliphatic rings. The van der Waals surface area contributed by atoms with Crippen LogP contribution in [-0.2, 0) is 12.8 Å².